The maximum Gasteiger partial charge on any atom is 0.0574 e. The monoisotopic (exact) mass is 320 g/mol. The quantitative estimate of drug-likeness (QED) is 0.885. The normalized spacial score (nSPS) is 16.2. The highest BCUT2D eigenvalue weighted by molar-refractivity contribution is 6.39. The van der Waals surface area contributed by atoms with E-state index in [2.05, 4.69) is 17.0 Å². The van der Waals surface area contributed by atoms with E-state index in [1.807, 2.05) is 30.3 Å². The highest BCUT2D eigenvalue weighted by atomic mass is 35.5. The van der Waals surface area contributed by atoms with Crippen LogP contribution in [0.2, 0.25) is 10.0 Å². The van der Waals surface area contributed by atoms with Crippen molar-refractivity contribution in [2.24, 2.45) is 0 Å². The Bertz CT molecular complexity index is 616. The van der Waals surface area contributed by atoms with Gasteiger partial charge in [-0.15, -0.1) is 0 Å². The molecule has 1 fully saturated rings. The van der Waals surface area contributed by atoms with Gasteiger partial charge >= 0.3 is 0 Å². The van der Waals surface area contributed by atoms with Crippen LogP contribution in [-0.4, -0.2) is 24.3 Å². The van der Waals surface area contributed by atoms with Crippen LogP contribution in [0.15, 0.2) is 36.4 Å². The minimum Gasteiger partial charge on any atom is -0.393 e. The zero-order valence-corrected chi connectivity index (χ0v) is 13.0. The van der Waals surface area contributed by atoms with E-state index in [-0.39, 0.29) is 6.10 Å². The first-order valence-corrected chi connectivity index (χ1v) is 7.79. The Balaban J connectivity index is 1.93. The van der Waals surface area contributed by atoms with Crippen LogP contribution in [0.3, 0.4) is 0 Å². The number of anilines is 1. The van der Waals surface area contributed by atoms with Crippen molar-refractivity contribution in [1.82, 2.24) is 0 Å². The fourth-order valence-corrected chi connectivity index (χ4v) is 3.30. The molecule has 0 saturated carbocycles. The van der Waals surface area contributed by atoms with Crippen LogP contribution in [0.25, 0.3) is 11.1 Å². The lowest BCUT2D eigenvalue weighted by Gasteiger charge is -2.31. The zero-order chi connectivity index (χ0) is 14.8. The van der Waals surface area contributed by atoms with Crippen molar-refractivity contribution in [3.05, 3.63) is 52.5 Å². The number of hydrogen-bond acceptors (Lipinski definition) is 2. The third-order valence-corrected chi connectivity index (χ3v) is 4.48. The molecule has 1 heterocycles. The summed E-state index contributed by atoms with van der Waals surface area (Å²) in [6.45, 7) is 1.71. The summed E-state index contributed by atoms with van der Waals surface area (Å²) in [4.78, 5) is 2.26. The van der Waals surface area contributed by atoms with E-state index < -0.39 is 0 Å². The third-order valence-electron chi connectivity index (χ3n) is 3.85. The number of halogens is 2. The van der Waals surface area contributed by atoms with Gasteiger partial charge in [-0.2, -0.15) is 0 Å². The molecule has 1 aliphatic heterocycles. The van der Waals surface area contributed by atoms with Gasteiger partial charge in [-0.05, 0) is 54.8 Å². The Hall–Kier alpha value is -1.22. The number of aliphatic hydroxyl groups is 1. The molecule has 109 valence electrons. The molecule has 0 spiro atoms. The summed E-state index contributed by atoms with van der Waals surface area (Å²) >= 11 is 12.6. The predicted octanol–water partition coefficient (Wildman–Crippen LogP) is 4.42. The number of piperidine rings is 1. The first-order valence-electron chi connectivity index (χ1n) is 7.03. The van der Waals surface area contributed by atoms with Crippen molar-refractivity contribution in [3.8, 4) is 11.1 Å². The molecule has 1 saturated heterocycles. The van der Waals surface area contributed by atoms with Gasteiger partial charge in [0.05, 0.1) is 6.10 Å². The Morgan fingerprint density at radius 3 is 2.43 bits per heavy atom. The van der Waals surface area contributed by atoms with Gasteiger partial charge in [0.1, 0.15) is 0 Å². The van der Waals surface area contributed by atoms with Gasteiger partial charge in [0.2, 0.25) is 0 Å². The van der Waals surface area contributed by atoms with Crippen molar-refractivity contribution in [2.75, 3.05) is 18.0 Å². The highest BCUT2D eigenvalue weighted by Crippen LogP contribution is 2.36. The van der Waals surface area contributed by atoms with Gasteiger partial charge in [0.25, 0.3) is 0 Å². The zero-order valence-electron chi connectivity index (χ0n) is 11.5. The maximum atomic E-state index is 9.61. The number of benzene rings is 2. The molecule has 2 nitrogen and oxygen atoms in total. The van der Waals surface area contributed by atoms with Gasteiger partial charge < -0.3 is 10.0 Å². The Kier molecular flexibility index (Phi) is 4.39. The molecule has 1 N–H and O–H groups in total. The smallest absolute Gasteiger partial charge is 0.0574 e. The van der Waals surface area contributed by atoms with Crippen molar-refractivity contribution in [3.63, 3.8) is 0 Å². The predicted molar refractivity (Wildman–Crippen MR) is 88.2 cm³/mol. The Morgan fingerprint density at radius 1 is 1.10 bits per heavy atom. The topological polar surface area (TPSA) is 23.5 Å². The maximum absolute atomic E-state index is 9.61. The SMILES string of the molecule is OC1CCN(c2c[c]cc(-c3c(Cl)cccc3Cl)c2)CC1. The largest absolute Gasteiger partial charge is 0.393 e. The third kappa shape index (κ3) is 3.18. The number of aliphatic hydroxyl groups excluding tert-OH is 1. The van der Waals surface area contributed by atoms with Crippen LogP contribution in [0.4, 0.5) is 5.69 Å². The van der Waals surface area contributed by atoms with Crippen molar-refractivity contribution >= 4 is 28.9 Å². The second kappa shape index (κ2) is 6.27. The van der Waals surface area contributed by atoms with Crippen molar-refractivity contribution in [1.29, 1.82) is 0 Å². The van der Waals surface area contributed by atoms with E-state index in [0.29, 0.717) is 10.0 Å². The van der Waals surface area contributed by atoms with E-state index >= 15 is 0 Å². The minimum absolute atomic E-state index is 0.175. The molecule has 3 rings (SSSR count). The molecule has 21 heavy (non-hydrogen) atoms. The first kappa shape index (κ1) is 14.7. The summed E-state index contributed by atoms with van der Waals surface area (Å²) in [5, 5.41) is 10.9. The highest BCUT2D eigenvalue weighted by Gasteiger charge is 2.18. The van der Waals surface area contributed by atoms with Gasteiger partial charge in [-0.25, -0.2) is 0 Å². The molecular weight excluding hydrogens is 305 g/mol. The number of hydrogen-bond donors (Lipinski definition) is 1. The molecule has 4 heteroatoms. The first-order chi connectivity index (χ1) is 10.1. The van der Waals surface area contributed by atoms with E-state index in [1.54, 1.807) is 0 Å². The average Bonchev–Trinajstić information content (AvgIpc) is 2.48. The average molecular weight is 321 g/mol. The van der Waals surface area contributed by atoms with Crippen LogP contribution in [-0.2, 0) is 0 Å². The molecule has 1 radical (unpaired) electrons. The number of nitrogens with zero attached hydrogens (tertiary/aromatic N) is 1. The minimum atomic E-state index is -0.175. The standard InChI is InChI=1S/C17H16Cl2NO/c18-15-5-2-6-16(19)17(15)12-3-1-4-13(11-12)20-9-7-14(21)8-10-20/h2-6,11,14,21H,7-10H2. The van der Waals surface area contributed by atoms with Crippen molar-refractivity contribution < 1.29 is 5.11 Å². The Morgan fingerprint density at radius 2 is 1.76 bits per heavy atom. The lowest BCUT2D eigenvalue weighted by Crippen LogP contribution is -2.35. The summed E-state index contributed by atoms with van der Waals surface area (Å²) in [5.41, 5.74) is 2.90. The number of rotatable bonds is 2. The van der Waals surface area contributed by atoms with E-state index in [1.165, 1.54) is 0 Å². The van der Waals surface area contributed by atoms with E-state index in [4.69, 9.17) is 23.2 Å². The van der Waals surface area contributed by atoms with Crippen molar-refractivity contribution in [2.45, 2.75) is 18.9 Å². The van der Waals surface area contributed by atoms with Gasteiger partial charge in [-0.1, -0.05) is 29.3 Å². The van der Waals surface area contributed by atoms with Gasteiger partial charge in [-0.3, -0.25) is 0 Å². The summed E-state index contributed by atoms with van der Waals surface area (Å²) in [6, 6.07) is 14.6. The lowest BCUT2D eigenvalue weighted by molar-refractivity contribution is 0.145. The van der Waals surface area contributed by atoms with Crippen LogP contribution < -0.4 is 4.90 Å². The molecule has 2 aromatic rings. The molecule has 0 unspecified atom stereocenters. The fourth-order valence-electron chi connectivity index (χ4n) is 2.68. The molecule has 2 aromatic carbocycles. The van der Waals surface area contributed by atoms with Crippen LogP contribution in [0.1, 0.15) is 12.8 Å². The van der Waals surface area contributed by atoms with Gasteiger partial charge in [0, 0.05) is 34.4 Å². The molecule has 0 aliphatic carbocycles. The molecule has 0 atom stereocenters. The van der Waals surface area contributed by atoms with Gasteiger partial charge in [0.15, 0.2) is 0 Å². The summed E-state index contributed by atoms with van der Waals surface area (Å²) in [6.07, 6.45) is 1.43. The second-order valence-corrected chi connectivity index (χ2v) is 6.11. The second-order valence-electron chi connectivity index (χ2n) is 5.29. The summed E-state index contributed by atoms with van der Waals surface area (Å²) < 4.78 is 0. The van der Waals surface area contributed by atoms with Crippen LogP contribution >= 0.6 is 23.2 Å². The molecule has 0 aromatic heterocycles. The summed E-state index contributed by atoms with van der Waals surface area (Å²) in [7, 11) is 0. The molecular formula is C17H16Cl2NO. The van der Waals surface area contributed by atoms with Crippen LogP contribution in [0, 0.1) is 6.07 Å². The molecule has 1 aliphatic rings. The summed E-state index contributed by atoms with van der Waals surface area (Å²) in [5.74, 6) is 0. The van der Waals surface area contributed by atoms with E-state index in [0.717, 1.165) is 42.7 Å². The van der Waals surface area contributed by atoms with E-state index in [9.17, 15) is 5.11 Å². The molecule has 0 amide bonds. The lowest BCUT2D eigenvalue weighted by atomic mass is 10.0. The van der Waals surface area contributed by atoms with Crippen LogP contribution in [0.5, 0.6) is 0 Å². The Labute approximate surface area is 134 Å². The molecule has 0 bridgehead atoms. The fraction of sp³-hybridized carbons (Fsp3) is 0.294.